The predicted octanol–water partition coefficient (Wildman–Crippen LogP) is 3.26. The smallest absolute Gasteiger partial charge is 0.183 e. The fourth-order valence-electron chi connectivity index (χ4n) is 1.93. The first-order valence-electron chi connectivity index (χ1n) is 6.53. The molecule has 2 rings (SSSR count). The summed E-state index contributed by atoms with van der Waals surface area (Å²) in [6, 6.07) is 6.18. The van der Waals surface area contributed by atoms with Gasteiger partial charge < -0.3 is 14.8 Å². The van der Waals surface area contributed by atoms with Gasteiger partial charge in [-0.1, -0.05) is 17.7 Å². The number of thiazole rings is 1. The lowest BCUT2D eigenvalue weighted by molar-refractivity contribution is 0.201. The zero-order valence-corrected chi connectivity index (χ0v) is 12.9. The molecule has 1 heterocycles. The van der Waals surface area contributed by atoms with E-state index in [0.29, 0.717) is 13.2 Å². The molecule has 0 atom stereocenters. The first-order valence-corrected chi connectivity index (χ1v) is 7.41. The summed E-state index contributed by atoms with van der Waals surface area (Å²) in [6.07, 6.45) is 0.850. The van der Waals surface area contributed by atoms with Gasteiger partial charge in [-0.15, -0.1) is 11.3 Å². The summed E-state index contributed by atoms with van der Waals surface area (Å²) in [5.41, 5.74) is 3.43. The van der Waals surface area contributed by atoms with Crippen LogP contribution >= 0.6 is 11.3 Å². The molecule has 0 fully saturated rings. The number of nitrogens with one attached hydrogen (secondary N) is 1. The van der Waals surface area contributed by atoms with Crippen molar-refractivity contribution in [3.05, 3.63) is 40.4 Å². The average Bonchev–Trinajstić information content (AvgIpc) is 2.91. The zero-order valence-electron chi connectivity index (χ0n) is 12.1. The summed E-state index contributed by atoms with van der Waals surface area (Å²) >= 11 is 1.62. The number of benzene rings is 1. The molecule has 20 heavy (non-hydrogen) atoms. The van der Waals surface area contributed by atoms with Crippen LogP contribution in [-0.2, 0) is 17.7 Å². The number of methoxy groups -OCH3 is 2. The van der Waals surface area contributed by atoms with E-state index < -0.39 is 0 Å². The lowest BCUT2D eigenvalue weighted by Crippen LogP contribution is -2.02. The maximum absolute atomic E-state index is 5.37. The van der Waals surface area contributed by atoms with Crippen molar-refractivity contribution in [1.82, 2.24) is 4.98 Å². The Labute approximate surface area is 123 Å². The van der Waals surface area contributed by atoms with Crippen LogP contribution in [0.15, 0.2) is 23.6 Å². The number of hydrogen-bond acceptors (Lipinski definition) is 5. The van der Waals surface area contributed by atoms with Crippen molar-refractivity contribution in [3.63, 3.8) is 0 Å². The Kier molecular flexibility index (Phi) is 5.38. The summed E-state index contributed by atoms with van der Waals surface area (Å²) in [6.45, 7) is 3.49. The molecule has 0 bridgehead atoms. The molecule has 0 aliphatic rings. The first-order chi connectivity index (χ1) is 9.72. The second-order valence-electron chi connectivity index (χ2n) is 4.56. The molecule has 2 aromatic rings. The number of anilines is 1. The monoisotopic (exact) mass is 292 g/mol. The number of aryl methyl sites for hydroxylation is 1. The van der Waals surface area contributed by atoms with Gasteiger partial charge in [0.2, 0.25) is 0 Å². The van der Waals surface area contributed by atoms with Gasteiger partial charge in [-0.3, -0.25) is 0 Å². The Hall–Kier alpha value is -1.59. The minimum atomic E-state index is 0.703. The van der Waals surface area contributed by atoms with E-state index in [0.717, 1.165) is 28.6 Å². The summed E-state index contributed by atoms with van der Waals surface area (Å²) in [5, 5.41) is 6.34. The molecular weight excluding hydrogens is 272 g/mol. The van der Waals surface area contributed by atoms with Gasteiger partial charge in [0.15, 0.2) is 5.13 Å². The van der Waals surface area contributed by atoms with Crippen LogP contribution in [0.25, 0.3) is 0 Å². The molecular formula is C15H20N2O2S. The van der Waals surface area contributed by atoms with Crippen molar-refractivity contribution < 1.29 is 9.47 Å². The Morgan fingerprint density at radius 2 is 2.15 bits per heavy atom. The molecule has 0 spiro atoms. The summed E-state index contributed by atoms with van der Waals surface area (Å²) in [5.74, 6) is 0.902. The minimum Gasteiger partial charge on any atom is -0.496 e. The fourth-order valence-corrected chi connectivity index (χ4v) is 2.67. The van der Waals surface area contributed by atoms with Crippen LogP contribution in [0.4, 0.5) is 5.13 Å². The molecule has 0 aliphatic carbocycles. The van der Waals surface area contributed by atoms with Crippen LogP contribution in [0.1, 0.15) is 16.8 Å². The molecule has 5 heteroatoms. The van der Waals surface area contributed by atoms with Crippen molar-refractivity contribution in [2.45, 2.75) is 19.9 Å². The van der Waals surface area contributed by atoms with E-state index in [1.807, 2.05) is 6.07 Å². The Balaban J connectivity index is 1.98. The number of ether oxygens (including phenoxy) is 2. The van der Waals surface area contributed by atoms with E-state index in [1.165, 1.54) is 5.56 Å². The number of nitrogens with zero attached hydrogens (tertiary/aromatic N) is 1. The van der Waals surface area contributed by atoms with Crippen molar-refractivity contribution in [2.75, 3.05) is 26.1 Å². The summed E-state index contributed by atoms with van der Waals surface area (Å²) in [7, 11) is 3.40. The van der Waals surface area contributed by atoms with Gasteiger partial charge in [0, 0.05) is 31.0 Å². The lowest BCUT2D eigenvalue weighted by atomic mass is 10.1. The zero-order chi connectivity index (χ0) is 14.4. The van der Waals surface area contributed by atoms with E-state index in [2.05, 4.69) is 34.7 Å². The van der Waals surface area contributed by atoms with Gasteiger partial charge in [-0.05, 0) is 13.0 Å². The van der Waals surface area contributed by atoms with Gasteiger partial charge in [0.1, 0.15) is 5.75 Å². The summed E-state index contributed by atoms with van der Waals surface area (Å²) < 4.78 is 10.4. The highest BCUT2D eigenvalue weighted by Crippen LogP contribution is 2.22. The minimum absolute atomic E-state index is 0.703. The second-order valence-corrected chi connectivity index (χ2v) is 5.41. The Bertz CT molecular complexity index is 555. The van der Waals surface area contributed by atoms with Crippen LogP contribution in [0.2, 0.25) is 0 Å². The quantitative estimate of drug-likeness (QED) is 0.850. The van der Waals surface area contributed by atoms with E-state index in [9.17, 15) is 0 Å². The normalized spacial score (nSPS) is 10.6. The first kappa shape index (κ1) is 14.8. The van der Waals surface area contributed by atoms with E-state index in [-0.39, 0.29) is 0 Å². The Morgan fingerprint density at radius 1 is 1.30 bits per heavy atom. The van der Waals surface area contributed by atoms with E-state index in [4.69, 9.17) is 9.47 Å². The molecule has 0 aliphatic heterocycles. The highest BCUT2D eigenvalue weighted by atomic mass is 32.1. The van der Waals surface area contributed by atoms with Gasteiger partial charge in [-0.2, -0.15) is 0 Å². The third kappa shape index (κ3) is 3.95. The Morgan fingerprint density at radius 3 is 2.90 bits per heavy atom. The van der Waals surface area contributed by atoms with Crippen molar-refractivity contribution >= 4 is 16.5 Å². The largest absolute Gasteiger partial charge is 0.496 e. The average molecular weight is 292 g/mol. The highest BCUT2D eigenvalue weighted by molar-refractivity contribution is 7.13. The molecule has 0 unspecified atom stereocenters. The third-order valence-electron chi connectivity index (χ3n) is 2.98. The molecule has 0 saturated heterocycles. The fraction of sp³-hybridized carbons (Fsp3) is 0.400. The van der Waals surface area contributed by atoms with Gasteiger partial charge in [-0.25, -0.2) is 4.98 Å². The molecule has 0 saturated carbocycles. The van der Waals surface area contributed by atoms with Crippen LogP contribution in [0.5, 0.6) is 5.75 Å². The second kappa shape index (κ2) is 7.26. The number of hydrogen-bond donors (Lipinski definition) is 1. The summed E-state index contributed by atoms with van der Waals surface area (Å²) in [4.78, 5) is 4.53. The van der Waals surface area contributed by atoms with Gasteiger partial charge >= 0.3 is 0 Å². The van der Waals surface area contributed by atoms with Gasteiger partial charge in [0.25, 0.3) is 0 Å². The standard InChI is InChI=1S/C15H20N2O2S/c1-11-4-5-14(19-3)12(8-11)9-16-15-17-13(10-20-15)6-7-18-2/h4-5,8,10H,6-7,9H2,1-3H3,(H,16,17). The van der Waals surface area contributed by atoms with Crippen LogP contribution in [0, 0.1) is 6.92 Å². The van der Waals surface area contributed by atoms with Crippen LogP contribution in [0.3, 0.4) is 0 Å². The third-order valence-corrected chi connectivity index (χ3v) is 3.83. The molecule has 1 aromatic carbocycles. The maximum Gasteiger partial charge on any atom is 0.183 e. The van der Waals surface area contributed by atoms with Crippen molar-refractivity contribution in [3.8, 4) is 5.75 Å². The molecule has 108 valence electrons. The topological polar surface area (TPSA) is 43.4 Å². The lowest BCUT2D eigenvalue weighted by Gasteiger charge is -2.09. The van der Waals surface area contributed by atoms with Gasteiger partial charge in [0.05, 0.1) is 19.4 Å². The highest BCUT2D eigenvalue weighted by Gasteiger charge is 2.05. The van der Waals surface area contributed by atoms with Crippen LogP contribution in [-0.4, -0.2) is 25.8 Å². The van der Waals surface area contributed by atoms with Crippen LogP contribution < -0.4 is 10.1 Å². The SMILES string of the molecule is COCCc1csc(NCc2cc(C)ccc2OC)n1. The maximum atomic E-state index is 5.37. The molecule has 1 N–H and O–H groups in total. The van der Waals surface area contributed by atoms with Crippen molar-refractivity contribution in [1.29, 1.82) is 0 Å². The molecule has 0 radical (unpaired) electrons. The van der Waals surface area contributed by atoms with E-state index in [1.54, 1.807) is 25.6 Å². The molecule has 4 nitrogen and oxygen atoms in total. The molecule has 0 amide bonds. The van der Waals surface area contributed by atoms with E-state index >= 15 is 0 Å². The number of rotatable bonds is 7. The number of aromatic nitrogens is 1. The van der Waals surface area contributed by atoms with Crippen molar-refractivity contribution in [2.24, 2.45) is 0 Å². The molecule has 1 aromatic heterocycles. The predicted molar refractivity (Wildman–Crippen MR) is 82.8 cm³/mol.